The maximum Gasteiger partial charge on any atom is 0.0618 e. The van der Waals surface area contributed by atoms with Crippen LogP contribution in [0.2, 0.25) is 0 Å². The lowest BCUT2D eigenvalue weighted by atomic mass is 9.76. The number of methoxy groups -OCH3 is 1. The van der Waals surface area contributed by atoms with Crippen LogP contribution < -0.4 is 0 Å². The number of likely N-dealkylation sites (N-methyl/N-ethyl adjacent to an activating group) is 1. The van der Waals surface area contributed by atoms with Gasteiger partial charge in [0.15, 0.2) is 0 Å². The quantitative estimate of drug-likeness (QED) is 0.832. The van der Waals surface area contributed by atoms with Gasteiger partial charge in [-0.2, -0.15) is 0 Å². The number of ether oxygens (including phenoxy) is 1. The van der Waals surface area contributed by atoms with E-state index in [9.17, 15) is 0 Å². The fourth-order valence-corrected chi connectivity index (χ4v) is 4.30. The van der Waals surface area contributed by atoms with Gasteiger partial charge in [0.1, 0.15) is 0 Å². The zero-order valence-electron chi connectivity index (χ0n) is 14.1. The van der Waals surface area contributed by atoms with Crippen LogP contribution in [0, 0.1) is 5.41 Å². The summed E-state index contributed by atoms with van der Waals surface area (Å²) in [6.07, 6.45) is 5.21. The van der Waals surface area contributed by atoms with Crippen LogP contribution >= 0.6 is 0 Å². The summed E-state index contributed by atoms with van der Waals surface area (Å²) in [5.41, 5.74) is 2.02. The normalized spacial score (nSPS) is 25.8. The van der Waals surface area contributed by atoms with Crippen molar-refractivity contribution in [1.29, 1.82) is 0 Å². The Hall–Kier alpha value is -0.900. The number of piperidine rings is 1. The van der Waals surface area contributed by atoms with Crippen LogP contribution in [-0.4, -0.2) is 62.8 Å². The summed E-state index contributed by atoms with van der Waals surface area (Å²) >= 11 is 0. The first kappa shape index (κ1) is 16.0. The van der Waals surface area contributed by atoms with Crippen molar-refractivity contribution < 1.29 is 4.74 Å². The third-order valence-electron chi connectivity index (χ3n) is 5.71. The topological polar surface area (TPSA) is 15.7 Å². The molecule has 2 saturated heterocycles. The van der Waals surface area contributed by atoms with E-state index in [1.807, 2.05) is 7.11 Å². The Kier molecular flexibility index (Phi) is 5.17. The highest BCUT2D eigenvalue weighted by atomic mass is 16.5. The van der Waals surface area contributed by atoms with E-state index in [0.717, 1.165) is 6.61 Å². The summed E-state index contributed by atoms with van der Waals surface area (Å²) < 4.78 is 5.39. The smallest absolute Gasteiger partial charge is 0.0618 e. The maximum atomic E-state index is 5.39. The summed E-state index contributed by atoms with van der Waals surface area (Å²) in [5.74, 6) is 0. The molecular formula is C19H30N2O. The molecule has 2 aliphatic rings. The summed E-state index contributed by atoms with van der Waals surface area (Å²) in [4.78, 5) is 5.17. The Morgan fingerprint density at radius 3 is 2.59 bits per heavy atom. The number of nitrogens with zero attached hydrogens (tertiary/aromatic N) is 2. The monoisotopic (exact) mass is 302 g/mol. The third kappa shape index (κ3) is 3.70. The predicted octanol–water partition coefficient (Wildman–Crippen LogP) is 2.66. The molecular weight excluding hydrogens is 272 g/mol. The van der Waals surface area contributed by atoms with Gasteiger partial charge in [-0.05, 0) is 56.8 Å². The molecule has 2 aliphatic heterocycles. The van der Waals surface area contributed by atoms with Crippen molar-refractivity contribution in [3.8, 4) is 0 Å². The second kappa shape index (κ2) is 7.12. The zero-order chi connectivity index (χ0) is 15.4. The van der Waals surface area contributed by atoms with Crippen LogP contribution in [0.1, 0.15) is 24.8 Å². The molecule has 0 radical (unpaired) electrons. The van der Waals surface area contributed by atoms with Gasteiger partial charge in [0.2, 0.25) is 0 Å². The van der Waals surface area contributed by atoms with E-state index < -0.39 is 0 Å². The van der Waals surface area contributed by atoms with Crippen molar-refractivity contribution in [2.75, 3.05) is 46.9 Å². The Bertz CT molecular complexity index is 454. The minimum Gasteiger partial charge on any atom is -0.383 e. The molecule has 0 saturated carbocycles. The average molecular weight is 302 g/mol. The lowest BCUT2D eigenvalue weighted by molar-refractivity contribution is 0.110. The van der Waals surface area contributed by atoms with Crippen LogP contribution in [0.25, 0.3) is 0 Å². The van der Waals surface area contributed by atoms with E-state index in [1.165, 1.54) is 57.4 Å². The van der Waals surface area contributed by atoms with Crippen LogP contribution in [0.4, 0.5) is 0 Å². The molecule has 0 N–H and O–H groups in total. The van der Waals surface area contributed by atoms with Crippen molar-refractivity contribution in [3.63, 3.8) is 0 Å². The second-order valence-corrected chi connectivity index (χ2v) is 7.31. The highest BCUT2D eigenvalue weighted by molar-refractivity contribution is 5.15. The van der Waals surface area contributed by atoms with Crippen LogP contribution in [0.5, 0.6) is 0 Å². The number of likely N-dealkylation sites (tertiary alicyclic amines) is 2. The molecule has 0 amide bonds. The highest BCUT2D eigenvalue weighted by Gasteiger charge is 2.43. The second-order valence-electron chi connectivity index (χ2n) is 7.31. The first-order valence-electron chi connectivity index (χ1n) is 8.66. The fraction of sp³-hybridized carbons (Fsp3) is 0.684. The van der Waals surface area contributed by atoms with Gasteiger partial charge in [0.25, 0.3) is 0 Å². The van der Waals surface area contributed by atoms with Crippen LogP contribution in [0.15, 0.2) is 30.3 Å². The summed E-state index contributed by atoms with van der Waals surface area (Å²) in [6.45, 7) is 5.88. The van der Waals surface area contributed by atoms with Crippen molar-refractivity contribution in [2.24, 2.45) is 5.41 Å². The average Bonchev–Trinajstić information content (AvgIpc) is 2.84. The number of rotatable bonds is 5. The maximum absolute atomic E-state index is 5.39. The summed E-state index contributed by atoms with van der Waals surface area (Å²) in [5, 5.41) is 0. The first-order chi connectivity index (χ1) is 10.7. The molecule has 122 valence electrons. The Labute approximate surface area is 135 Å². The molecule has 1 spiro atoms. The molecule has 1 aromatic carbocycles. The number of hydrogen-bond donors (Lipinski definition) is 0. The molecule has 2 heterocycles. The SMILES string of the molecule is COC[C@H]1CC2(CCN(CCc3ccccc3)CC2)CN1C. The van der Waals surface area contributed by atoms with Gasteiger partial charge in [-0.15, -0.1) is 0 Å². The minimum absolute atomic E-state index is 0.557. The lowest BCUT2D eigenvalue weighted by Gasteiger charge is -2.39. The van der Waals surface area contributed by atoms with E-state index in [0.29, 0.717) is 11.5 Å². The van der Waals surface area contributed by atoms with Crippen molar-refractivity contribution >= 4 is 0 Å². The molecule has 22 heavy (non-hydrogen) atoms. The molecule has 0 unspecified atom stereocenters. The minimum atomic E-state index is 0.557. The van der Waals surface area contributed by atoms with Gasteiger partial charge in [-0.25, -0.2) is 0 Å². The molecule has 2 fully saturated rings. The third-order valence-corrected chi connectivity index (χ3v) is 5.71. The van der Waals surface area contributed by atoms with E-state index in [4.69, 9.17) is 4.74 Å². The van der Waals surface area contributed by atoms with Crippen LogP contribution in [0.3, 0.4) is 0 Å². The van der Waals surface area contributed by atoms with E-state index in [2.05, 4.69) is 47.2 Å². The van der Waals surface area contributed by atoms with Gasteiger partial charge in [0.05, 0.1) is 6.61 Å². The molecule has 1 aromatic rings. The largest absolute Gasteiger partial charge is 0.383 e. The van der Waals surface area contributed by atoms with Crippen molar-refractivity contribution in [3.05, 3.63) is 35.9 Å². The molecule has 1 atom stereocenters. The number of hydrogen-bond acceptors (Lipinski definition) is 3. The standard InChI is InChI=1S/C19H30N2O/c1-20-16-19(14-18(20)15-22-2)9-12-21(13-10-19)11-8-17-6-4-3-5-7-17/h3-7,18H,8-16H2,1-2H3/t18-/m1/s1. The summed E-state index contributed by atoms with van der Waals surface area (Å²) in [7, 11) is 4.09. The summed E-state index contributed by atoms with van der Waals surface area (Å²) in [6, 6.07) is 11.5. The van der Waals surface area contributed by atoms with Gasteiger partial charge < -0.3 is 14.5 Å². The van der Waals surface area contributed by atoms with Crippen molar-refractivity contribution in [1.82, 2.24) is 9.80 Å². The lowest BCUT2D eigenvalue weighted by Crippen LogP contribution is -2.42. The van der Waals surface area contributed by atoms with Gasteiger partial charge in [-0.1, -0.05) is 30.3 Å². The fourth-order valence-electron chi connectivity index (χ4n) is 4.30. The predicted molar refractivity (Wildman–Crippen MR) is 91.2 cm³/mol. The number of benzene rings is 1. The van der Waals surface area contributed by atoms with E-state index in [1.54, 1.807) is 0 Å². The van der Waals surface area contributed by atoms with Gasteiger partial charge in [-0.3, -0.25) is 0 Å². The zero-order valence-corrected chi connectivity index (χ0v) is 14.1. The van der Waals surface area contributed by atoms with E-state index >= 15 is 0 Å². The van der Waals surface area contributed by atoms with Gasteiger partial charge >= 0.3 is 0 Å². The van der Waals surface area contributed by atoms with E-state index in [-0.39, 0.29) is 0 Å². The molecule has 3 nitrogen and oxygen atoms in total. The highest BCUT2D eigenvalue weighted by Crippen LogP contribution is 2.42. The van der Waals surface area contributed by atoms with Gasteiger partial charge in [0, 0.05) is 26.2 Å². The Morgan fingerprint density at radius 1 is 1.18 bits per heavy atom. The van der Waals surface area contributed by atoms with Crippen LogP contribution in [-0.2, 0) is 11.2 Å². The van der Waals surface area contributed by atoms with Crippen molar-refractivity contribution in [2.45, 2.75) is 31.7 Å². The molecule has 0 aromatic heterocycles. The molecule has 3 heteroatoms. The molecule has 0 bridgehead atoms. The Morgan fingerprint density at radius 2 is 1.91 bits per heavy atom. The first-order valence-corrected chi connectivity index (χ1v) is 8.66. The molecule has 3 rings (SSSR count). The Balaban J connectivity index is 1.46. The molecule has 0 aliphatic carbocycles.